The SMILES string of the molecule is CCn1c(C2CCN(CC(=O)NCc3ccccc3Cl)CC2)nn(CCOC)c1=O. The highest BCUT2D eigenvalue weighted by molar-refractivity contribution is 6.31. The minimum absolute atomic E-state index is 0.0114. The van der Waals surface area contributed by atoms with Crippen LogP contribution in [0.4, 0.5) is 0 Å². The normalized spacial score (nSPS) is 15.4. The number of carbonyl (C=O) groups is 1. The van der Waals surface area contributed by atoms with Crippen LogP contribution in [-0.4, -0.2) is 58.5 Å². The van der Waals surface area contributed by atoms with Gasteiger partial charge in [-0.2, -0.15) is 5.10 Å². The second-order valence-electron chi connectivity index (χ2n) is 7.52. The molecule has 0 spiro atoms. The summed E-state index contributed by atoms with van der Waals surface area (Å²) < 4.78 is 8.33. The average molecular weight is 436 g/mol. The highest BCUT2D eigenvalue weighted by Gasteiger charge is 2.27. The molecule has 1 aliphatic rings. The van der Waals surface area contributed by atoms with Crippen molar-refractivity contribution in [1.82, 2.24) is 24.6 Å². The van der Waals surface area contributed by atoms with Crippen LogP contribution in [-0.2, 0) is 29.2 Å². The summed E-state index contributed by atoms with van der Waals surface area (Å²) in [5, 5.41) is 8.17. The third-order valence-corrected chi connectivity index (χ3v) is 5.90. The van der Waals surface area contributed by atoms with E-state index in [0.717, 1.165) is 37.3 Å². The molecular weight excluding hydrogens is 406 g/mol. The second kappa shape index (κ2) is 10.7. The van der Waals surface area contributed by atoms with Crippen LogP contribution in [0.25, 0.3) is 0 Å². The molecule has 9 heteroatoms. The van der Waals surface area contributed by atoms with Gasteiger partial charge in [0.25, 0.3) is 0 Å². The maximum absolute atomic E-state index is 12.5. The van der Waals surface area contributed by atoms with E-state index in [1.807, 2.05) is 31.2 Å². The van der Waals surface area contributed by atoms with Crippen LogP contribution in [0.15, 0.2) is 29.1 Å². The van der Waals surface area contributed by atoms with Gasteiger partial charge in [0.05, 0.1) is 19.7 Å². The Balaban J connectivity index is 1.52. The zero-order valence-corrected chi connectivity index (χ0v) is 18.4. The number of rotatable bonds is 9. The first-order valence-electron chi connectivity index (χ1n) is 10.4. The lowest BCUT2D eigenvalue weighted by Crippen LogP contribution is -2.41. The van der Waals surface area contributed by atoms with Crippen molar-refractivity contribution in [3.8, 4) is 0 Å². The van der Waals surface area contributed by atoms with Crippen LogP contribution in [0.2, 0.25) is 5.02 Å². The average Bonchev–Trinajstić information content (AvgIpc) is 3.07. The van der Waals surface area contributed by atoms with E-state index in [1.54, 1.807) is 11.7 Å². The quantitative estimate of drug-likeness (QED) is 0.650. The molecule has 0 atom stereocenters. The summed E-state index contributed by atoms with van der Waals surface area (Å²) >= 11 is 6.14. The van der Waals surface area contributed by atoms with Crippen molar-refractivity contribution >= 4 is 17.5 Å². The Hall–Kier alpha value is -2.16. The van der Waals surface area contributed by atoms with E-state index in [2.05, 4.69) is 15.3 Å². The molecule has 2 heterocycles. The number of hydrogen-bond donors (Lipinski definition) is 1. The smallest absolute Gasteiger partial charge is 0.345 e. The number of nitrogens with zero attached hydrogens (tertiary/aromatic N) is 4. The summed E-state index contributed by atoms with van der Waals surface area (Å²) in [6.07, 6.45) is 1.75. The molecule has 1 fully saturated rings. The van der Waals surface area contributed by atoms with E-state index >= 15 is 0 Å². The molecule has 1 N–H and O–H groups in total. The van der Waals surface area contributed by atoms with Crippen molar-refractivity contribution in [2.45, 2.75) is 45.3 Å². The van der Waals surface area contributed by atoms with Crippen molar-refractivity contribution in [3.63, 3.8) is 0 Å². The fourth-order valence-corrected chi connectivity index (χ4v) is 4.03. The third-order valence-electron chi connectivity index (χ3n) is 5.53. The summed E-state index contributed by atoms with van der Waals surface area (Å²) in [5.74, 6) is 1.06. The van der Waals surface area contributed by atoms with Gasteiger partial charge in [-0.05, 0) is 44.5 Å². The minimum atomic E-state index is -0.0778. The van der Waals surface area contributed by atoms with Gasteiger partial charge in [-0.15, -0.1) is 0 Å². The van der Waals surface area contributed by atoms with E-state index < -0.39 is 0 Å². The van der Waals surface area contributed by atoms with Crippen LogP contribution >= 0.6 is 11.6 Å². The highest BCUT2D eigenvalue weighted by Crippen LogP contribution is 2.26. The van der Waals surface area contributed by atoms with Gasteiger partial charge in [0.2, 0.25) is 5.91 Å². The Bertz CT molecular complexity index is 902. The van der Waals surface area contributed by atoms with E-state index in [-0.39, 0.29) is 17.5 Å². The van der Waals surface area contributed by atoms with E-state index in [0.29, 0.717) is 37.8 Å². The Labute approximate surface area is 181 Å². The monoisotopic (exact) mass is 435 g/mol. The zero-order chi connectivity index (χ0) is 21.5. The van der Waals surface area contributed by atoms with Crippen molar-refractivity contribution in [2.75, 3.05) is 33.4 Å². The van der Waals surface area contributed by atoms with Crippen LogP contribution in [0, 0.1) is 0 Å². The molecule has 1 saturated heterocycles. The first-order valence-corrected chi connectivity index (χ1v) is 10.8. The molecule has 30 heavy (non-hydrogen) atoms. The molecule has 0 bridgehead atoms. The summed E-state index contributed by atoms with van der Waals surface area (Å²) in [5.41, 5.74) is 0.832. The molecule has 1 amide bonds. The van der Waals surface area contributed by atoms with Gasteiger partial charge in [-0.3, -0.25) is 14.3 Å². The van der Waals surface area contributed by atoms with Gasteiger partial charge in [0, 0.05) is 31.1 Å². The van der Waals surface area contributed by atoms with Gasteiger partial charge in [0.15, 0.2) is 0 Å². The summed E-state index contributed by atoms with van der Waals surface area (Å²) in [6.45, 7) is 5.87. The second-order valence-corrected chi connectivity index (χ2v) is 7.93. The fraction of sp³-hybridized carbons (Fsp3) is 0.571. The van der Waals surface area contributed by atoms with Gasteiger partial charge in [0.1, 0.15) is 5.82 Å². The van der Waals surface area contributed by atoms with Crippen molar-refractivity contribution in [3.05, 3.63) is 51.2 Å². The number of piperidine rings is 1. The van der Waals surface area contributed by atoms with Gasteiger partial charge in [-0.1, -0.05) is 29.8 Å². The molecule has 164 valence electrons. The number of nitrogens with one attached hydrogen (secondary N) is 1. The molecule has 1 aromatic heterocycles. The molecule has 0 saturated carbocycles. The molecule has 0 radical (unpaired) electrons. The molecule has 8 nitrogen and oxygen atoms in total. The lowest BCUT2D eigenvalue weighted by Gasteiger charge is -2.31. The molecule has 2 aromatic rings. The Morgan fingerprint density at radius 3 is 2.70 bits per heavy atom. The van der Waals surface area contributed by atoms with Crippen molar-refractivity contribution in [2.24, 2.45) is 0 Å². The maximum Gasteiger partial charge on any atom is 0.345 e. The number of benzene rings is 1. The first kappa shape index (κ1) is 22.5. The number of amides is 1. The highest BCUT2D eigenvalue weighted by atomic mass is 35.5. The first-order chi connectivity index (χ1) is 14.5. The largest absolute Gasteiger partial charge is 0.383 e. The summed E-state index contributed by atoms with van der Waals surface area (Å²) in [7, 11) is 1.61. The predicted molar refractivity (Wildman–Crippen MR) is 116 cm³/mol. The lowest BCUT2D eigenvalue weighted by atomic mass is 9.96. The van der Waals surface area contributed by atoms with E-state index in [4.69, 9.17) is 16.3 Å². The van der Waals surface area contributed by atoms with Crippen molar-refractivity contribution in [1.29, 1.82) is 0 Å². The van der Waals surface area contributed by atoms with E-state index in [9.17, 15) is 9.59 Å². The van der Waals surface area contributed by atoms with Crippen molar-refractivity contribution < 1.29 is 9.53 Å². The third kappa shape index (κ3) is 5.50. The van der Waals surface area contributed by atoms with Gasteiger partial charge in [-0.25, -0.2) is 9.48 Å². The van der Waals surface area contributed by atoms with Crippen LogP contribution < -0.4 is 11.0 Å². The standard InChI is InChI=1S/C21H30ClN5O3/c1-3-26-20(24-27(21(26)29)12-13-30-2)16-8-10-25(11-9-16)15-19(28)23-14-17-6-4-5-7-18(17)22/h4-7,16H,3,8-15H2,1-2H3,(H,23,28). The number of hydrogen-bond acceptors (Lipinski definition) is 5. The zero-order valence-electron chi connectivity index (χ0n) is 17.6. The van der Waals surface area contributed by atoms with Crippen LogP contribution in [0.5, 0.6) is 0 Å². The molecule has 3 rings (SSSR count). The molecule has 0 unspecified atom stereocenters. The number of likely N-dealkylation sites (tertiary alicyclic amines) is 1. The number of ether oxygens (including phenoxy) is 1. The van der Waals surface area contributed by atoms with Gasteiger partial charge >= 0.3 is 5.69 Å². The van der Waals surface area contributed by atoms with Crippen LogP contribution in [0.3, 0.4) is 0 Å². The molecule has 1 aliphatic heterocycles. The molecule has 0 aliphatic carbocycles. The Morgan fingerprint density at radius 1 is 1.30 bits per heavy atom. The van der Waals surface area contributed by atoms with Crippen LogP contribution in [0.1, 0.15) is 37.1 Å². The van der Waals surface area contributed by atoms with Gasteiger partial charge < -0.3 is 10.1 Å². The number of aromatic nitrogens is 3. The fourth-order valence-electron chi connectivity index (χ4n) is 3.82. The Morgan fingerprint density at radius 2 is 2.03 bits per heavy atom. The number of carbonyl (C=O) groups excluding carboxylic acids is 1. The molecule has 1 aromatic carbocycles. The summed E-state index contributed by atoms with van der Waals surface area (Å²) in [4.78, 5) is 27.0. The molecular formula is C21H30ClN5O3. The van der Waals surface area contributed by atoms with E-state index in [1.165, 1.54) is 4.68 Å². The number of methoxy groups -OCH3 is 1. The number of halogens is 1. The minimum Gasteiger partial charge on any atom is -0.383 e. The predicted octanol–water partition coefficient (Wildman–Crippen LogP) is 1.86. The maximum atomic E-state index is 12.5. The topological polar surface area (TPSA) is 81.4 Å². The Kier molecular flexibility index (Phi) is 8.07. The lowest BCUT2D eigenvalue weighted by molar-refractivity contribution is -0.122. The summed E-state index contributed by atoms with van der Waals surface area (Å²) in [6, 6.07) is 7.51.